The van der Waals surface area contributed by atoms with E-state index < -0.39 is 17.6 Å². The summed E-state index contributed by atoms with van der Waals surface area (Å²) in [6, 6.07) is 2.45. The van der Waals surface area contributed by atoms with Crippen molar-refractivity contribution >= 4 is 5.82 Å². The van der Waals surface area contributed by atoms with Gasteiger partial charge in [0, 0.05) is 12.6 Å². The third-order valence-electron chi connectivity index (χ3n) is 2.56. The first-order chi connectivity index (χ1) is 8.30. The van der Waals surface area contributed by atoms with Gasteiger partial charge in [0.05, 0.1) is 11.8 Å². The van der Waals surface area contributed by atoms with Crippen molar-refractivity contribution in [3.05, 3.63) is 35.8 Å². The number of nitrogen functional groups attached to an aromatic ring is 1. The minimum atomic E-state index is -4.65. The predicted molar refractivity (Wildman–Crippen MR) is 58.0 cm³/mol. The Hall–Kier alpha value is -2.05. The summed E-state index contributed by atoms with van der Waals surface area (Å²) in [6.45, 7) is 0. The fourth-order valence-corrected chi connectivity index (χ4v) is 1.64. The van der Waals surface area contributed by atoms with Crippen molar-refractivity contribution in [2.24, 2.45) is 7.05 Å². The molecular formula is C11H9F4N3. The van der Waals surface area contributed by atoms with Gasteiger partial charge >= 0.3 is 6.18 Å². The molecule has 1 aromatic carbocycles. The maximum atomic E-state index is 12.9. The lowest BCUT2D eigenvalue weighted by Gasteiger charge is -2.12. The molecule has 2 N–H and O–H groups in total. The summed E-state index contributed by atoms with van der Waals surface area (Å²) < 4.78 is 52.6. The van der Waals surface area contributed by atoms with Crippen molar-refractivity contribution in [3.63, 3.8) is 0 Å². The monoisotopic (exact) mass is 259 g/mol. The molecule has 18 heavy (non-hydrogen) atoms. The van der Waals surface area contributed by atoms with E-state index in [4.69, 9.17) is 5.73 Å². The van der Waals surface area contributed by atoms with Crippen LogP contribution in [-0.4, -0.2) is 9.78 Å². The molecule has 2 rings (SSSR count). The molecule has 0 saturated heterocycles. The summed E-state index contributed by atoms with van der Waals surface area (Å²) in [5.74, 6) is -0.861. The maximum Gasteiger partial charge on any atom is 0.417 e. The van der Waals surface area contributed by atoms with Crippen molar-refractivity contribution in [1.82, 2.24) is 9.78 Å². The van der Waals surface area contributed by atoms with Crippen LogP contribution in [0.3, 0.4) is 0 Å². The van der Waals surface area contributed by atoms with Gasteiger partial charge in [-0.15, -0.1) is 0 Å². The molecule has 0 saturated carbocycles. The Morgan fingerprint density at radius 2 is 1.89 bits per heavy atom. The number of nitrogens with zero attached hydrogens (tertiary/aromatic N) is 2. The minimum Gasteiger partial charge on any atom is -0.383 e. The third kappa shape index (κ3) is 2.03. The Balaban J connectivity index is 2.68. The Kier molecular flexibility index (Phi) is 2.76. The molecule has 0 amide bonds. The first-order valence-corrected chi connectivity index (χ1v) is 4.95. The second-order valence-electron chi connectivity index (χ2n) is 3.75. The summed E-state index contributed by atoms with van der Waals surface area (Å²) in [5, 5.41) is 3.77. The number of alkyl halides is 3. The number of halogens is 4. The molecule has 0 fully saturated rings. The molecule has 1 heterocycles. The molecular weight excluding hydrogens is 250 g/mol. The lowest BCUT2D eigenvalue weighted by molar-refractivity contribution is -0.137. The molecule has 0 atom stereocenters. The van der Waals surface area contributed by atoms with Crippen molar-refractivity contribution < 1.29 is 17.6 Å². The first kappa shape index (κ1) is 12.4. The zero-order chi connectivity index (χ0) is 13.5. The highest BCUT2D eigenvalue weighted by atomic mass is 19.4. The molecule has 1 aromatic heterocycles. The van der Waals surface area contributed by atoms with Crippen LogP contribution in [0.15, 0.2) is 24.4 Å². The van der Waals surface area contributed by atoms with E-state index >= 15 is 0 Å². The first-order valence-electron chi connectivity index (χ1n) is 4.95. The van der Waals surface area contributed by atoms with Crippen LogP contribution in [0.5, 0.6) is 0 Å². The second-order valence-corrected chi connectivity index (χ2v) is 3.75. The molecule has 2 aromatic rings. The lowest BCUT2D eigenvalue weighted by Crippen LogP contribution is -2.08. The maximum absolute atomic E-state index is 12.9. The van der Waals surface area contributed by atoms with Crippen LogP contribution in [0.2, 0.25) is 0 Å². The third-order valence-corrected chi connectivity index (χ3v) is 2.56. The largest absolute Gasteiger partial charge is 0.417 e. The van der Waals surface area contributed by atoms with Gasteiger partial charge in [-0.1, -0.05) is 6.07 Å². The van der Waals surface area contributed by atoms with Crippen molar-refractivity contribution in [3.8, 4) is 11.1 Å². The van der Waals surface area contributed by atoms with Gasteiger partial charge < -0.3 is 5.73 Å². The SMILES string of the molecule is Cn1ncc(-c2ccc(F)cc2C(F)(F)F)c1N. The van der Waals surface area contributed by atoms with Gasteiger partial charge in [0.15, 0.2) is 0 Å². The van der Waals surface area contributed by atoms with E-state index in [9.17, 15) is 17.6 Å². The Morgan fingerprint density at radius 3 is 2.39 bits per heavy atom. The van der Waals surface area contributed by atoms with E-state index in [2.05, 4.69) is 5.10 Å². The van der Waals surface area contributed by atoms with Crippen molar-refractivity contribution in [2.75, 3.05) is 5.73 Å². The average Bonchev–Trinajstić information content (AvgIpc) is 2.59. The number of anilines is 1. The van der Waals surface area contributed by atoms with Gasteiger partial charge in [-0.3, -0.25) is 4.68 Å². The Labute approximate surface area is 99.8 Å². The van der Waals surface area contributed by atoms with Gasteiger partial charge in [0.25, 0.3) is 0 Å². The number of aromatic nitrogens is 2. The van der Waals surface area contributed by atoms with E-state index in [1.54, 1.807) is 0 Å². The predicted octanol–water partition coefficient (Wildman–Crippen LogP) is 2.83. The molecule has 0 aliphatic heterocycles. The number of rotatable bonds is 1. The highest BCUT2D eigenvalue weighted by Gasteiger charge is 2.34. The average molecular weight is 259 g/mol. The fourth-order valence-electron chi connectivity index (χ4n) is 1.64. The molecule has 3 nitrogen and oxygen atoms in total. The molecule has 7 heteroatoms. The van der Waals surface area contributed by atoms with Crippen LogP contribution in [0, 0.1) is 5.82 Å². The van der Waals surface area contributed by atoms with Crippen LogP contribution in [0.1, 0.15) is 5.56 Å². The number of hydrogen-bond donors (Lipinski definition) is 1. The second kappa shape index (κ2) is 4.01. The minimum absolute atomic E-state index is 0.0899. The van der Waals surface area contributed by atoms with Crippen LogP contribution in [0.25, 0.3) is 11.1 Å². The summed E-state index contributed by atoms with van der Waals surface area (Å²) in [5.41, 5.74) is 4.50. The summed E-state index contributed by atoms with van der Waals surface area (Å²) >= 11 is 0. The van der Waals surface area contributed by atoms with Gasteiger partial charge in [-0.2, -0.15) is 18.3 Å². The zero-order valence-electron chi connectivity index (χ0n) is 9.29. The number of aryl methyl sites for hydroxylation is 1. The molecule has 0 spiro atoms. The van der Waals surface area contributed by atoms with Gasteiger partial charge in [0.1, 0.15) is 11.6 Å². The number of hydrogen-bond acceptors (Lipinski definition) is 2. The summed E-state index contributed by atoms with van der Waals surface area (Å²) in [6.07, 6.45) is -3.43. The zero-order valence-corrected chi connectivity index (χ0v) is 9.29. The van der Waals surface area contributed by atoms with Gasteiger partial charge in [-0.05, 0) is 17.7 Å². The molecule has 0 radical (unpaired) electrons. The summed E-state index contributed by atoms with van der Waals surface area (Å²) in [4.78, 5) is 0. The fraction of sp³-hybridized carbons (Fsp3) is 0.182. The van der Waals surface area contributed by atoms with E-state index in [1.165, 1.54) is 17.9 Å². The molecule has 0 bridgehead atoms. The molecule has 0 unspecified atom stereocenters. The highest BCUT2D eigenvalue weighted by molar-refractivity contribution is 5.76. The van der Waals surface area contributed by atoms with Crippen LogP contribution in [-0.2, 0) is 13.2 Å². The normalized spacial score (nSPS) is 11.8. The lowest BCUT2D eigenvalue weighted by atomic mass is 10.0. The quantitative estimate of drug-likeness (QED) is 0.800. The highest BCUT2D eigenvalue weighted by Crippen LogP contribution is 2.39. The Morgan fingerprint density at radius 1 is 1.22 bits per heavy atom. The number of nitrogens with two attached hydrogens (primary N) is 1. The van der Waals surface area contributed by atoms with Crippen LogP contribution < -0.4 is 5.73 Å². The van der Waals surface area contributed by atoms with Crippen LogP contribution >= 0.6 is 0 Å². The summed E-state index contributed by atoms with van der Waals surface area (Å²) in [7, 11) is 1.51. The van der Waals surface area contributed by atoms with Gasteiger partial charge in [-0.25, -0.2) is 4.39 Å². The van der Waals surface area contributed by atoms with Crippen molar-refractivity contribution in [1.29, 1.82) is 0 Å². The molecule has 0 aliphatic carbocycles. The topological polar surface area (TPSA) is 43.8 Å². The molecule has 96 valence electrons. The van der Waals surface area contributed by atoms with E-state index in [0.29, 0.717) is 6.07 Å². The smallest absolute Gasteiger partial charge is 0.383 e. The van der Waals surface area contributed by atoms with Crippen LogP contribution in [0.4, 0.5) is 23.4 Å². The molecule has 0 aliphatic rings. The van der Waals surface area contributed by atoms with E-state index in [0.717, 1.165) is 12.1 Å². The van der Waals surface area contributed by atoms with E-state index in [-0.39, 0.29) is 16.9 Å². The van der Waals surface area contributed by atoms with E-state index in [1.807, 2.05) is 0 Å². The Bertz CT molecular complexity index is 586. The van der Waals surface area contributed by atoms with Crippen molar-refractivity contribution in [2.45, 2.75) is 6.18 Å². The standard InChI is InChI=1S/C11H9F4N3/c1-18-10(16)8(5-17-18)7-3-2-6(12)4-9(7)11(13,14)15/h2-5H,16H2,1H3. The van der Waals surface area contributed by atoms with Gasteiger partial charge in [0.2, 0.25) is 0 Å². The number of benzene rings is 1.